The van der Waals surface area contributed by atoms with Crippen molar-refractivity contribution in [2.75, 3.05) is 44.8 Å². The van der Waals surface area contributed by atoms with E-state index in [0.29, 0.717) is 62.3 Å². The fourth-order valence-electron chi connectivity index (χ4n) is 8.79. The van der Waals surface area contributed by atoms with Crippen LogP contribution in [0, 0.1) is 23.6 Å². The van der Waals surface area contributed by atoms with Gasteiger partial charge in [0, 0.05) is 41.1 Å². The van der Waals surface area contributed by atoms with Crippen LogP contribution in [-0.4, -0.2) is 90.3 Å². The number of hydrogen-bond acceptors (Lipinski definition) is 7. The van der Waals surface area contributed by atoms with E-state index in [2.05, 4.69) is 10.2 Å². The number of fused-ring (bicyclic) bond motifs is 1. The highest BCUT2D eigenvalue weighted by Crippen LogP contribution is 2.40. The Bertz CT molecular complexity index is 1720. The number of carboxylic acids is 1. The third-order valence-corrected chi connectivity index (χ3v) is 13.0. The molecule has 0 unspecified atom stereocenters. The lowest BCUT2D eigenvalue weighted by Gasteiger charge is -2.40. The van der Waals surface area contributed by atoms with Crippen LogP contribution >= 0.6 is 22.9 Å². The SMILES string of the molecule is O=C(Nc1cc(F)c(CC(=O)N2C[C@@H](C3CCC(N4CCOCC4)CC3)C[C@H]2COC2CCC(C(=O)O)CC2)cc1Cl)c1csc2ccccc12. The lowest BCUT2D eigenvalue weighted by atomic mass is 9.77. The molecular weight excluding hydrogens is 693 g/mol. The fourth-order valence-corrected chi connectivity index (χ4v) is 9.96. The van der Waals surface area contributed by atoms with Crippen LogP contribution in [0.3, 0.4) is 0 Å². The minimum atomic E-state index is -0.744. The van der Waals surface area contributed by atoms with Gasteiger partial charge in [-0.3, -0.25) is 19.3 Å². The quantitative estimate of drug-likeness (QED) is 0.226. The molecule has 9 nitrogen and oxygen atoms in total. The number of rotatable bonds is 10. The molecular formula is C39H47ClFN3O6S. The van der Waals surface area contributed by atoms with Crippen molar-refractivity contribution in [3.63, 3.8) is 0 Å². The van der Waals surface area contributed by atoms with Gasteiger partial charge in [-0.2, -0.15) is 0 Å². The van der Waals surface area contributed by atoms with E-state index in [1.165, 1.54) is 23.5 Å². The van der Waals surface area contributed by atoms with Crippen molar-refractivity contribution in [1.82, 2.24) is 9.80 Å². The maximum atomic E-state index is 15.6. The standard InChI is InChI=1S/C39H47ClFN3O6S/c40-33-18-26(34(41)20-35(33)42-38(46)32-23-51-36-4-2-1-3-31(32)36)19-37(45)44-21-27(24-5-9-28(10-6-24)43-13-15-49-16-14-43)17-29(44)22-50-30-11-7-25(8-12-30)39(47)48/h1-4,18,20,23-25,27-30H,5-17,19,21-22H2,(H,42,46)(H,47,48)/t24?,25?,27-,28?,29-,30?/m0/s1. The number of morpholine rings is 1. The normalized spacial score (nSPS) is 27.5. The maximum absolute atomic E-state index is 15.6. The summed E-state index contributed by atoms with van der Waals surface area (Å²) in [7, 11) is 0. The number of nitrogens with zero attached hydrogens (tertiary/aromatic N) is 2. The lowest BCUT2D eigenvalue weighted by Crippen LogP contribution is -2.45. The van der Waals surface area contributed by atoms with Gasteiger partial charge in [-0.1, -0.05) is 29.8 Å². The summed E-state index contributed by atoms with van der Waals surface area (Å²) in [6.07, 6.45) is 7.82. The summed E-state index contributed by atoms with van der Waals surface area (Å²) in [6, 6.07) is 10.7. The highest BCUT2D eigenvalue weighted by Gasteiger charge is 2.41. The van der Waals surface area contributed by atoms with Crippen molar-refractivity contribution in [1.29, 1.82) is 0 Å². The van der Waals surface area contributed by atoms with Crippen LogP contribution in [0.25, 0.3) is 10.1 Å². The Morgan fingerprint density at radius 3 is 2.49 bits per heavy atom. The van der Waals surface area contributed by atoms with Gasteiger partial charge in [-0.25, -0.2) is 4.39 Å². The average molecular weight is 740 g/mol. The summed E-state index contributed by atoms with van der Waals surface area (Å²) >= 11 is 8.05. The predicted octanol–water partition coefficient (Wildman–Crippen LogP) is 7.26. The van der Waals surface area contributed by atoms with Crippen molar-refractivity contribution >= 4 is 56.5 Å². The van der Waals surface area contributed by atoms with Gasteiger partial charge in [-0.15, -0.1) is 11.3 Å². The van der Waals surface area contributed by atoms with Gasteiger partial charge in [-0.05, 0) is 93.4 Å². The molecule has 1 aromatic heterocycles. The van der Waals surface area contributed by atoms with Gasteiger partial charge in [0.2, 0.25) is 5.91 Å². The number of thiophene rings is 1. The molecule has 2 N–H and O–H groups in total. The van der Waals surface area contributed by atoms with E-state index in [-0.39, 0.29) is 52.6 Å². The van der Waals surface area contributed by atoms with Gasteiger partial charge in [0.15, 0.2) is 0 Å². The Hall–Kier alpha value is -3.09. The number of nitrogens with one attached hydrogen (secondary N) is 1. The molecule has 274 valence electrons. The molecule has 51 heavy (non-hydrogen) atoms. The molecule has 12 heteroatoms. The molecule has 2 atom stereocenters. The Kier molecular flexibility index (Phi) is 11.6. The minimum absolute atomic E-state index is 0.0216. The topological polar surface area (TPSA) is 108 Å². The van der Waals surface area contributed by atoms with Gasteiger partial charge < -0.3 is 24.8 Å². The summed E-state index contributed by atoms with van der Waals surface area (Å²) in [6.45, 7) is 4.59. The van der Waals surface area contributed by atoms with E-state index in [1.807, 2.05) is 29.2 Å². The molecule has 2 amide bonds. The van der Waals surface area contributed by atoms with Gasteiger partial charge in [0.25, 0.3) is 5.91 Å². The number of likely N-dealkylation sites (tertiary alicyclic amines) is 1. The van der Waals surface area contributed by atoms with Crippen LogP contribution in [0.5, 0.6) is 0 Å². The van der Waals surface area contributed by atoms with Crippen molar-refractivity contribution < 1.29 is 33.4 Å². The maximum Gasteiger partial charge on any atom is 0.306 e. The second-order valence-electron chi connectivity index (χ2n) is 14.8. The first-order valence-electron chi connectivity index (χ1n) is 18.4. The number of amides is 2. The Morgan fingerprint density at radius 1 is 1.00 bits per heavy atom. The second kappa shape index (κ2) is 16.3. The zero-order valence-electron chi connectivity index (χ0n) is 28.9. The molecule has 0 radical (unpaired) electrons. The van der Waals surface area contributed by atoms with Crippen molar-refractivity contribution in [3.8, 4) is 0 Å². The molecule has 0 bridgehead atoms. The molecule has 3 aromatic rings. The number of benzene rings is 2. The van der Waals surface area contributed by atoms with Gasteiger partial charge >= 0.3 is 5.97 Å². The number of carboxylic acid groups (broad SMARTS) is 1. The molecule has 4 fully saturated rings. The first kappa shape index (κ1) is 36.3. The van der Waals surface area contributed by atoms with Crippen LogP contribution in [-0.2, 0) is 25.5 Å². The molecule has 3 heterocycles. The van der Waals surface area contributed by atoms with Crippen molar-refractivity contribution in [3.05, 3.63) is 63.7 Å². The molecule has 2 saturated carbocycles. The van der Waals surface area contributed by atoms with Crippen molar-refractivity contribution in [2.24, 2.45) is 17.8 Å². The lowest BCUT2D eigenvalue weighted by molar-refractivity contribution is -0.144. The van der Waals surface area contributed by atoms with Crippen LogP contribution in [0.1, 0.15) is 73.7 Å². The van der Waals surface area contributed by atoms with E-state index in [9.17, 15) is 19.5 Å². The van der Waals surface area contributed by atoms with Crippen LogP contribution in [0.4, 0.5) is 10.1 Å². The zero-order valence-corrected chi connectivity index (χ0v) is 30.4. The number of aliphatic carboxylic acids is 1. The predicted molar refractivity (Wildman–Crippen MR) is 196 cm³/mol. The summed E-state index contributed by atoms with van der Waals surface area (Å²) in [5, 5.41) is 14.9. The average Bonchev–Trinajstić information content (AvgIpc) is 3.79. The van der Waals surface area contributed by atoms with E-state index in [0.717, 1.165) is 68.5 Å². The van der Waals surface area contributed by atoms with Gasteiger partial charge in [0.05, 0.1) is 60.6 Å². The van der Waals surface area contributed by atoms with E-state index in [1.54, 1.807) is 5.38 Å². The zero-order chi connectivity index (χ0) is 35.5. The molecule has 2 aliphatic heterocycles. The smallest absolute Gasteiger partial charge is 0.306 e. The highest BCUT2D eigenvalue weighted by atomic mass is 35.5. The Labute approximate surface area is 307 Å². The summed E-state index contributed by atoms with van der Waals surface area (Å²) in [5.74, 6) is -1.34. The molecule has 2 aliphatic carbocycles. The first-order valence-corrected chi connectivity index (χ1v) is 19.7. The van der Waals surface area contributed by atoms with Crippen molar-refractivity contribution in [2.45, 2.75) is 82.4 Å². The number of ether oxygens (including phenoxy) is 2. The van der Waals surface area contributed by atoms with Gasteiger partial charge in [0.1, 0.15) is 5.82 Å². The first-order chi connectivity index (χ1) is 24.7. The number of hydrogen-bond donors (Lipinski definition) is 2. The van der Waals surface area contributed by atoms with Crippen LogP contribution in [0.15, 0.2) is 41.8 Å². The van der Waals surface area contributed by atoms with E-state index in [4.69, 9.17) is 21.1 Å². The third-order valence-electron chi connectivity index (χ3n) is 11.7. The number of carbonyl (C=O) groups excluding carboxylic acids is 2. The monoisotopic (exact) mass is 739 g/mol. The summed E-state index contributed by atoms with van der Waals surface area (Å²) in [5.41, 5.74) is 0.835. The van der Waals surface area contributed by atoms with Crippen LogP contribution < -0.4 is 5.32 Å². The Balaban J connectivity index is 1.01. The fraction of sp³-hybridized carbons (Fsp3) is 0.564. The number of halogens is 2. The number of carbonyl (C=O) groups is 3. The molecule has 7 rings (SSSR count). The summed E-state index contributed by atoms with van der Waals surface area (Å²) < 4.78 is 28.5. The van der Waals surface area contributed by atoms with Crippen LogP contribution in [0.2, 0.25) is 5.02 Å². The molecule has 2 aromatic carbocycles. The minimum Gasteiger partial charge on any atom is -0.481 e. The largest absolute Gasteiger partial charge is 0.481 e. The van der Waals surface area contributed by atoms with E-state index >= 15 is 4.39 Å². The highest BCUT2D eigenvalue weighted by molar-refractivity contribution is 7.17. The third kappa shape index (κ3) is 8.43. The Morgan fingerprint density at radius 2 is 1.75 bits per heavy atom. The second-order valence-corrected chi connectivity index (χ2v) is 16.1. The molecule has 4 aliphatic rings. The molecule has 0 spiro atoms. The number of anilines is 1. The summed E-state index contributed by atoms with van der Waals surface area (Å²) in [4.78, 5) is 43.0. The van der Waals surface area contributed by atoms with E-state index < -0.39 is 11.8 Å². The molecule has 2 saturated heterocycles.